The molecule has 2 N–H and O–H groups in total. The molecular formula is C40H74O7. The molecule has 0 aromatic rings. The first kappa shape index (κ1) is 43.4. The number of rotatable bonds is 33. The third-order valence-corrected chi connectivity index (χ3v) is 9.85. The summed E-state index contributed by atoms with van der Waals surface area (Å²) in [6.45, 7) is 11.3. The Morgan fingerprint density at radius 3 is 1.72 bits per heavy atom. The Morgan fingerprint density at radius 1 is 0.681 bits per heavy atom. The Morgan fingerprint density at radius 2 is 1.15 bits per heavy atom. The number of hydrogen-bond donors (Lipinski definition) is 2. The lowest BCUT2D eigenvalue weighted by Gasteiger charge is -2.48. The number of Topliss-reactive ketones (excluding diaryl/α,β-unsaturated/α-hetero) is 1. The Labute approximate surface area is 289 Å². The van der Waals surface area contributed by atoms with E-state index in [0.717, 1.165) is 116 Å². The second-order valence-corrected chi connectivity index (χ2v) is 13.9. The number of carbonyl (C=O) groups is 2. The average Bonchev–Trinajstić information content (AvgIpc) is 3.33. The number of esters is 1. The van der Waals surface area contributed by atoms with Crippen molar-refractivity contribution < 1.29 is 34.0 Å². The number of aliphatic hydroxyl groups is 2. The number of ether oxygens (including phenoxy) is 3. The van der Waals surface area contributed by atoms with E-state index in [4.69, 9.17) is 14.2 Å². The second kappa shape index (κ2) is 26.3. The van der Waals surface area contributed by atoms with Gasteiger partial charge >= 0.3 is 5.97 Å². The van der Waals surface area contributed by atoms with Gasteiger partial charge in [0.1, 0.15) is 5.60 Å². The predicted octanol–water partition coefficient (Wildman–Crippen LogP) is 11.0. The quantitative estimate of drug-likeness (QED) is 0.0531. The molecule has 0 aromatic heterocycles. The number of carbonyl (C=O) groups excluding carboxylic acids is 2. The summed E-state index contributed by atoms with van der Waals surface area (Å²) in [4.78, 5) is 28.3. The molecular weight excluding hydrogens is 592 g/mol. The zero-order valence-corrected chi connectivity index (χ0v) is 31.3. The Hall–Kier alpha value is -1.60. The van der Waals surface area contributed by atoms with Gasteiger partial charge in [-0.05, 0) is 32.1 Å². The van der Waals surface area contributed by atoms with Crippen LogP contribution in [-0.2, 0) is 23.8 Å². The van der Waals surface area contributed by atoms with Crippen molar-refractivity contribution in [3.05, 3.63) is 11.5 Å². The first-order valence-electron chi connectivity index (χ1n) is 20.0. The van der Waals surface area contributed by atoms with Crippen LogP contribution in [0.5, 0.6) is 0 Å². The molecule has 0 aromatic carbocycles. The smallest absolute Gasteiger partial charge is 0.378 e. The molecule has 0 aliphatic carbocycles. The summed E-state index contributed by atoms with van der Waals surface area (Å²) in [6, 6.07) is 0. The maximum absolute atomic E-state index is 14.7. The van der Waals surface area contributed by atoms with Crippen LogP contribution in [0, 0.1) is 0 Å². The van der Waals surface area contributed by atoms with Crippen molar-refractivity contribution in [3.8, 4) is 0 Å². The van der Waals surface area contributed by atoms with Gasteiger partial charge in [-0.2, -0.15) is 0 Å². The SMILES string of the molecule is CCCCCCCCCC(=O)[C@]1([C@@](CCCCCC)(OCCCCCC)C(O)CCCCCC)OC(=O)C(OCCCCCC)=C1O. The van der Waals surface area contributed by atoms with Crippen molar-refractivity contribution in [1.29, 1.82) is 0 Å². The lowest BCUT2D eigenvalue weighted by Crippen LogP contribution is -2.67. The Kier molecular flexibility index (Phi) is 24.3. The van der Waals surface area contributed by atoms with Crippen molar-refractivity contribution in [2.24, 2.45) is 0 Å². The van der Waals surface area contributed by atoms with Crippen LogP contribution in [0.25, 0.3) is 0 Å². The molecule has 1 heterocycles. The van der Waals surface area contributed by atoms with E-state index >= 15 is 0 Å². The molecule has 1 rings (SSSR count). The van der Waals surface area contributed by atoms with Crippen molar-refractivity contribution in [2.75, 3.05) is 13.2 Å². The zero-order chi connectivity index (χ0) is 34.8. The van der Waals surface area contributed by atoms with E-state index in [9.17, 15) is 19.8 Å². The molecule has 1 aliphatic rings. The molecule has 7 nitrogen and oxygen atoms in total. The molecule has 0 spiro atoms. The van der Waals surface area contributed by atoms with E-state index in [0.29, 0.717) is 32.3 Å². The largest absolute Gasteiger partial charge is 0.504 e. The van der Waals surface area contributed by atoms with E-state index in [1.54, 1.807) is 0 Å². The van der Waals surface area contributed by atoms with Crippen LogP contribution < -0.4 is 0 Å². The molecule has 0 radical (unpaired) electrons. The maximum atomic E-state index is 14.7. The van der Waals surface area contributed by atoms with E-state index in [1.165, 1.54) is 19.3 Å². The third kappa shape index (κ3) is 14.0. The van der Waals surface area contributed by atoms with Crippen LogP contribution in [0.4, 0.5) is 0 Å². The molecule has 1 aliphatic heterocycles. The van der Waals surface area contributed by atoms with Crippen LogP contribution in [-0.4, -0.2) is 52.5 Å². The van der Waals surface area contributed by atoms with Crippen LogP contribution in [0.1, 0.15) is 202 Å². The van der Waals surface area contributed by atoms with Gasteiger partial charge in [0.25, 0.3) is 5.60 Å². The monoisotopic (exact) mass is 667 g/mol. The molecule has 0 saturated carbocycles. The molecule has 0 amide bonds. The third-order valence-electron chi connectivity index (χ3n) is 9.85. The van der Waals surface area contributed by atoms with Crippen LogP contribution in [0.3, 0.4) is 0 Å². The number of cyclic esters (lactones) is 1. The minimum atomic E-state index is -2.13. The first-order chi connectivity index (χ1) is 22.8. The van der Waals surface area contributed by atoms with Gasteiger partial charge in [0.15, 0.2) is 11.5 Å². The van der Waals surface area contributed by atoms with Crippen molar-refractivity contribution in [2.45, 2.75) is 219 Å². The normalized spacial score (nSPS) is 18.4. The van der Waals surface area contributed by atoms with Crippen molar-refractivity contribution in [3.63, 3.8) is 0 Å². The second-order valence-electron chi connectivity index (χ2n) is 13.9. The minimum Gasteiger partial charge on any atom is -0.504 e. The molecule has 0 bridgehead atoms. The van der Waals surface area contributed by atoms with E-state index in [-0.39, 0.29) is 18.8 Å². The zero-order valence-electron chi connectivity index (χ0n) is 31.3. The summed E-state index contributed by atoms with van der Waals surface area (Å²) < 4.78 is 18.8. The fraction of sp³-hybridized carbons (Fsp3) is 0.900. The van der Waals surface area contributed by atoms with Gasteiger partial charge in [-0.3, -0.25) is 4.79 Å². The highest BCUT2D eigenvalue weighted by atomic mass is 16.6. The maximum Gasteiger partial charge on any atom is 0.378 e. The minimum absolute atomic E-state index is 0.132. The molecule has 0 saturated heterocycles. The highest BCUT2D eigenvalue weighted by molar-refractivity contribution is 6.02. The van der Waals surface area contributed by atoms with E-state index in [2.05, 4.69) is 34.6 Å². The summed E-state index contributed by atoms with van der Waals surface area (Å²) >= 11 is 0. The van der Waals surface area contributed by atoms with Crippen molar-refractivity contribution in [1.82, 2.24) is 0 Å². The lowest BCUT2D eigenvalue weighted by atomic mass is 9.69. The Balaban J connectivity index is 3.63. The highest BCUT2D eigenvalue weighted by Gasteiger charge is 2.70. The standard InChI is InChI=1S/C40H74O7/c1-6-11-16-21-22-23-25-30-35(42)40(37(43)36(38(44)47-40)45-32-27-19-14-9-4)39(31-26-18-13-8-3,46-33-28-20-15-10-5)34(41)29-24-17-12-7-2/h34,41,43H,6-33H2,1-5H3/t34?,39-,40-/m0/s1. The van der Waals surface area contributed by atoms with Crippen LogP contribution in [0.15, 0.2) is 11.5 Å². The average molecular weight is 667 g/mol. The molecule has 0 fully saturated rings. The van der Waals surface area contributed by atoms with Crippen molar-refractivity contribution >= 4 is 11.8 Å². The summed E-state index contributed by atoms with van der Waals surface area (Å²) in [7, 11) is 0. The number of aliphatic hydroxyl groups excluding tert-OH is 2. The molecule has 1 unspecified atom stereocenters. The topological polar surface area (TPSA) is 102 Å². The number of hydrogen-bond acceptors (Lipinski definition) is 7. The predicted molar refractivity (Wildman–Crippen MR) is 193 cm³/mol. The number of unbranched alkanes of at least 4 members (excludes halogenated alkanes) is 18. The molecule has 47 heavy (non-hydrogen) atoms. The fourth-order valence-electron chi connectivity index (χ4n) is 6.89. The van der Waals surface area contributed by atoms with Gasteiger partial charge in [0.05, 0.1) is 12.7 Å². The van der Waals surface area contributed by atoms with E-state index < -0.39 is 34.8 Å². The lowest BCUT2D eigenvalue weighted by molar-refractivity contribution is -0.232. The van der Waals surface area contributed by atoms with Gasteiger partial charge in [0, 0.05) is 13.0 Å². The summed E-state index contributed by atoms with van der Waals surface area (Å²) in [5, 5.41) is 24.3. The first-order valence-corrected chi connectivity index (χ1v) is 20.0. The summed E-state index contributed by atoms with van der Waals surface area (Å²) in [5.74, 6) is -2.02. The molecule has 276 valence electrons. The fourth-order valence-corrected chi connectivity index (χ4v) is 6.89. The summed E-state index contributed by atoms with van der Waals surface area (Å²) in [5.41, 5.74) is -3.74. The van der Waals surface area contributed by atoms with E-state index in [1.807, 2.05) is 0 Å². The highest BCUT2D eigenvalue weighted by Crippen LogP contribution is 2.49. The number of ketones is 1. The molecule has 3 atom stereocenters. The van der Waals surface area contributed by atoms with Gasteiger partial charge in [0.2, 0.25) is 5.76 Å². The Bertz CT molecular complexity index is 856. The van der Waals surface area contributed by atoms with Gasteiger partial charge in [-0.1, -0.05) is 163 Å². The van der Waals surface area contributed by atoms with Gasteiger partial charge in [-0.25, -0.2) is 4.79 Å². The van der Waals surface area contributed by atoms with Crippen LogP contribution in [0.2, 0.25) is 0 Å². The van der Waals surface area contributed by atoms with Gasteiger partial charge in [-0.15, -0.1) is 0 Å². The molecule has 7 heteroatoms. The summed E-state index contributed by atoms with van der Waals surface area (Å²) in [6.07, 6.45) is 22.0. The van der Waals surface area contributed by atoms with Gasteiger partial charge < -0.3 is 24.4 Å². The van der Waals surface area contributed by atoms with Crippen LogP contribution >= 0.6 is 0 Å².